The summed E-state index contributed by atoms with van der Waals surface area (Å²) in [4.78, 5) is 10.6. The van der Waals surface area contributed by atoms with Gasteiger partial charge >= 0.3 is 5.97 Å². The summed E-state index contributed by atoms with van der Waals surface area (Å²) in [5.41, 5.74) is -0.788. The third-order valence-electron chi connectivity index (χ3n) is 2.55. The molecular formula is C14H20O4. The molecule has 0 aliphatic heterocycles. The van der Waals surface area contributed by atoms with Gasteiger partial charge in [-0.2, -0.15) is 0 Å². The van der Waals surface area contributed by atoms with E-state index < -0.39 is 11.6 Å². The van der Waals surface area contributed by atoms with Crippen molar-refractivity contribution in [1.29, 1.82) is 0 Å². The van der Waals surface area contributed by atoms with Crippen LogP contribution in [0.25, 0.3) is 0 Å². The van der Waals surface area contributed by atoms with Crippen molar-refractivity contribution in [2.75, 3.05) is 6.61 Å². The highest BCUT2D eigenvalue weighted by molar-refractivity contribution is 5.68. The zero-order valence-corrected chi connectivity index (χ0v) is 11.0. The Morgan fingerprint density at radius 2 is 1.89 bits per heavy atom. The van der Waals surface area contributed by atoms with Crippen molar-refractivity contribution in [3.05, 3.63) is 29.8 Å². The van der Waals surface area contributed by atoms with Gasteiger partial charge in [0.15, 0.2) is 0 Å². The molecule has 4 nitrogen and oxygen atoms in total. The van der Waals surface area contributed by atoms with E-state index in [1.54, 1.807) is 24.3 Å². The van der Waals surface area contributed by atoms with Gasteiger partial charge in [0, 0.05) is 0 Å². The lowest BCUT2D eigenvalue weighted by atomic mass is 9.93. The second-order valence-electron chi connectivity index (χ2n) is 5.07. The van der Waals surface area contributed by atoms with Gasteiger partial charge in [-0.3, -0.25) is 4.79 Å². The number of hydrogen-bond donors (Lipinski definition) is 2. The average molecular weight is 252 g/mol. The molecule has 0 radical (unpaired) electrons. The van der Waals surface area contributed by atoms with Crippen molar-refractivity contribution in [2.45, 2.75) is 32.8 Å². The Labute approximate surface area is 107 Å². The molecule has 0 saturated carbocycles. The minimum atomic E-state index is -1.36. The Kier molecular flexibility index (Phi) is 4.73. The molecule has 0 spiro atoms. The lowest BCUT2D eigenvalue weighted by molar-refractivity contribution is -0.142. The van der Waals surface area contributed by atoms with Crippen molar-refractivity contribution in [3.63, 3.8) is 0 Å². The summed E-state index contributed by atoms with van der Waals surface area (Å²) in [7, 11) is 0. The smallest absolute Gasteiger partial charge is 0.306 e. The lowest BCUT2D eigenvalue weighted by Crippen LogP contribution is -2.24. The van der Waals surface area contributed by atoms with E-state index in [0.717, 1.165) is 5.75 Å². The van der Waals surface area contributed by atoms with Crippen LogP contribution < -0.4 is 4.74 Å². The van der Waals surface area contributed by atoms with Crippen molar-refractivity contribution in [2.24, 2.45) is 5.92 Å². The molecule has 0 heterocycles. The fourth-order valence-electron chi connectivity index (χ4n) is 1.57. The van der Waals surface area contributed by atoms with E-state index >= 15 is 0 Å². The van der Waals surface area contributed by atoms with Gasteiger partial charge in [0.25, 0.3) is 0 Å². The van der Waals surface area contributed by atoms with Gasteiger partial charge < -0.3 is 14.9 Å². The SMILES string of the molecule is CC(C)COc1ccc(C(C)(O)CC(=O)O)cc1. The summed E-state index contributed by atoms with van der Waals surface area (Å²) in [6.07, 6.45) is -0.320. The van der Waals surface area contributed by atoms with E-state index in [0.29, 0.717) is 18.1 Å². The maximum atomic E-state index is 10.6. The van der Waals surface area contributed by atoms with Gasteiger partial charge in [0.05, 0.1) is 18.6 Å². The summed E-state index contributed by atoms with van der Waals surface area (Å²) in [6, 6.07) is 6.87. The standard InChI is InChI=1S/C14H20O4/c1-10(2)9-18-12-6-4-11(5-7-12)14(3,17)8-13(15)16/h4-7,10,17H,8-9H2,1-3H3,(H,15,16). The molecule has 2 N–H and O–H groups in total. The van der Waals surface area contributed by atoms with Crippen LogP contribution in [0.4, 0.5) is 0 Å². The number of benzene rings is 1. The molecule has 0 aliphatic rings. The molecule has 0 amide bonds. The van der Waals surface area contributed by atoms with E-state index in [1.165, 1.54) is 6.92 Å². The van der Waals surface area contributed by atoms with Gasteiger partial charge in [0.1, 0.15) is 5.75 Å². The first-order valence-electron chi connectivity index (χ1n) is 5.99. The molecule has 0 aromatic heterocycles. The zero-order chi connectivity index (χ0) is 13.8. The third-order valence-corrected chi connectivity index (χ3v) is 2.55. The van der Waals surface area contributed by atoms with Crippen molar-refractivity contribution in [3.8, 4) is 5.75 Å². The molecule has 100 valence electrons. The van der Waals surface area contributed by atoms with Crippen LogP contribution in [-0.4, -0.2) is 22.8 Å². The van der Waals surface area contributed by atoms with E-state index in [-0.39, 0.29) is 6.42 Å². The predicted molar refractivity (Wildman–Crippen MR) is 68.6 cm³/mol. The predicted octanol–water partition coefficient (Wildman–Crippen LogP) is 2.40. The van der Waals surface area contributed by atoms with Crippen LogP contribution in [0.3, 0.4) is 0 Å². The molecule has 1 atom stereocenters. The van der Waals surface area contributed by atoms with Crippen molar-refractivity contribution < 1.29 is 19.7 Å². The zero-order valence-electron chi connectivity index (χ0n) is 11.0. The Hall–Kier alpha value is -1.55. The molecule has 0 bridgehead atoms. The maximum Gasteiger partial charge on any atom is 0.306 e. The quantitative estimate of drug-likeness (QED) is 0.816. The van der Waals surface area contributed by atoms with Gasteiger partial charge in [-0.05, 0) is 30.5 Å². The van der Waals surface area contributed by atoms with Crippen LogP contribution in [0, 0.1) is 5.92 Å². The van der Waals surface area contributed by atoms with Gasteiger partial charge in [-0.1, -0.05) is 26.0 Å². The van der Waals surface area contributed by atoms with Crippen molar-refractivity contribution in [1.82, 2.24) is 0 Å². The number of hydrogen-bond acceptors (Lipinski definition) is 3. The molecule has 4 heteroatoms. The Bertz CT molecular complexity index is 393. The number of aliphatic carboxylic acids is 1. The third kappa shape index (κ3) is 4.37. The normalized spacial score (nSPS) is 14.3. The van der Waals surface area contributed by atoms with Crippen LogP contribution in [0.5, 0.6) is 5.75 Å². The summed E-state index contributed by atoms with van der Waals surface area (Å²) in [6.45, 7) is 6.24. The van der Waals surface area contributed by atoms with Crippen LogP contribution in [0.2, 0.25) is 0 Å². The van der Waals surface area contributed by atoms with Crippen molar-refractivity contribution >= 4 is 5.97 Å². The topological polar surface area (TPSA) is 66.8 Å². The highest BCUT2D eigenvalue weighted by Gasteiger charge is 2.26. The van der Waals surface area contributed by atoms with Gasteiger partial charge in [0.2, 0.25) is 0 Å². The highest BCUT2D eigenvalue weighted by Crippen LogP contribution is 2.26. The van der Waals surface area contributed by atoms with Crippen LogP contribution in [0.15, 0.2) is 24.3 Å². The minimum absolute atomic E-state index is 0.320. The Balaban J connectivity index is 2.72. The van der Waals surface area contributed by atoms with Crippen LogP contribution in [-0.2, 0) is 10.4 Å². The number of carboxylic acids is 1. The first kappa shape index (κ1) is 14.5. The summed E-state index contributed by atoms with van der Waals surface area (Å²) in [5.74, 6) is 0.138. The molecular weight excluding hydrogens is 232 g/mol. The molecule has 0 fully saturated rings. The number of aliphatic hydroxyl groups is 1. The van der Waals surface area contributed by atoms with Crippen LogP contribution >= 0.6 is 0 Å². The summed E-state index contributed by atoms with van der Waals surface area (Å²) < 4.78 is 5.52. The van der Waals surface area contributed by atoms with Gasteiger partial charge in [-0.15, -0.1) is 0 Å². The minimum Gasteiger partial charge on any atom is -0.493 e. The molecule has 1 aromatic carbocycles. The maximum absolute atomic E-state index is 10.6. The first-order chi connectivity index (χ1) is 8.31. The number of carboxylic acid groups (broad SMARTS) is 1. The Morgan fingerprint density at radius 1 is 1.33 bits per heavy atom. The number of rotatable bonds is 6. The lowest BCUT2D eigenvalue weighted by Gasteiger charge is -2.22. The molecule has 1 aromatic rings. The van der Waals surface area contributed by atoms with E-state index in [4.69, 9.17) is 9.84 Å². The fraction of sp³-hybridized carbons (Fsp3) is 0.500. The summed E-state index contributed by atoms with van der Waals surface area (Å²) in [5, 5.41) is 18.8. The second-order valence-corrected chi connectivity index (χ2v) is 5.07. The second kappa shape index (κ2) is 5.87. The van der Waals surface area contributed by atoms with E-state index in [2.05, 4.69) is 13.8 Å². The molecule has 0 aliphatic carbocycles. The van der Waals surface area contributed by atoms with E-state index in [9.17, 15) is 9.90 Å². The first-order valence-corrected chi connectivity index (χ1v) is 5.99. The van der Waals surface area contributed by atoms with E-state index in [1.807, 2.05) is 0 Å². The van der Waals surface area contributed by atoms with Gasteiger partial charge in [-0.25, -0.2) is 0 Å². The summed E-state index contributed by atoms with van der Waals surface area (Å²) >= 11 is 0. The fourth-order valence-corrected chi connectivity index (χ4v) is 1.57. The largest absolute Gasteiger partial charge is 0.493 e. The van der Waals surface area contributed by atoms with Crippen LogP contribution in [0.1, 0.15) is 32.8 Å². The highest BCUT2D eigenvalue weighted by atomic mass is 16.5. The number of ether oxygens (including phenoxy) is 1. The molecule has 1 unspecified atom stereocenters. The monoisotopic (exact) mass is 252 g/mol. The number of carbonyl (C=O) groups is 1. The molecule has 0 saturated heterocycles. The average Bonchev–Trinajstić information content (AvgIpc) is 2.25. The molecule has 18 heavy (non-hydrogen) atoms. The molecule has 1 rings (SSSR count). The Morgan fingerprint density at radius 3 is 2.33 bits per heavy atom.